The van der Waals surface area contributed by atoms with Crippen LogP contribution in [0.3, 0.4) is 0 Å². The summed E-state index contributed by atoms with van der Waals surface area (Å²) in [6.45, 7) is 4.99. The number of likely N-dealkylation sites (tertiary alicyclic amines) is 1. The molecule has 1 N–H and O–H groups in total. The molecule has 96 valence electrons. The first-order valence-electron chi connectivity index (χ1n) is 6.21. The standard InChI is InChI=1S/C11H24N2O2S/c1-3-11-7-4-5-9-13(11)10-6-8-12-16(2,14)15/h11-12H,3-10H2,1-2H3/t11-/m0/s1. The van der Waals surface area contributed by atoms with E-state index in [-0.39, 0.29) is 0 Å². The smallest absolute Gasteiger partial charge is 0.208 e. The van der Waals surface area contributed by atoms with Crippen LogP contribution in [0.1, 0.15) is 39.0 Å². The minimum absolute atomic E-state index is 0.561. The normalized spacial score (nSPS) is 23.5. The minimum Gasteiger partial charge on any atom is -0.300 e. The van der Waals surface area contributed by atoms with Gasteiger partial charge in [-0.2, -0.15) is 0 Å². The van der Waals surface area contributed by atoms with E-state index in [4.69, 9.17) is 0 Å². The van der Waals surface area contributed by atoms with Gasteiger partial charge in [-0.25, -0.2) is 13.1 Å². The van der Waals surface area contributed by atoms with Crippen molar-refractivity contribution >= 4 is 10.0 Å². The van der Waals surface area contributed by atoms with Gasteiger partial charge in [-0.05, 0) is 38.8 Å². The summed E-state index contributed by atoms with van der Waals surface area (Å²) < 4.78 is 24.3. The summed E-state index contributed by atoms with van der Waals surface area (Å²) in [6, 6.07) is 0.715. The second-order valence-electron chi connectivity index (χ2n) is 4.61. The second-order valence-corrected chi connectivity index (χ2v) is 6.45. The summed E-state index contributed by atoms with van der Waals surface area (Å²) in [4.78, 5) is 2.51. The Morgan fingerprint density at radius 1 is 1.38 bits per heavy atom. The monoisotopic (exact) mass is 248 g/mol. The SMILES string of the molecule is CC[C@H]1CCCCN1CCCNS(C)(=O)=O. The first kappa shape index (κ1) is 13.9. The zero-order valence-electron chi connectivity index (χ0n) is 10.4. The molecule has 0 aliphatic carbocycles. The molecule has 0 aromatic rings. The molecule has 0 radical (unpaired) electrons. The van der Waals surface area contributed by atoms with E-state index in [0.29, 0.717) is 12.6 Å². The van der Waals surface area contributed by atoms with Gasteiger partial charge in [0, 0.05) is 12.6 Å². The van der Waals surface area contributed by atoms with E-state index in [1.165, 1.54) is 38.5 Å². The van der Waals surface area contributed by atoms with E-state index in [0.717, 1.165) is 13.0 Å². The number of rotatable bonds is 6. The summed E-state index contributed by atoms with van der Waals surface area (Å²) in [5.41, 5.74) is 0. The molecular weight excluding hydrogens is 224 g/mol. The van der Waals surface area contributed by atoms with E-state index in [1.807, 2.05) is 0 Å². The predicted molar refractivity (Wildman–Crippen MR) is 67.0 cm³/mol. The lowest BCUT2D eigenvalue weighted by molar-refractivity contribution is 0.143. The van der Waals surface area contributed by atoms with Gasteiger partial charge in [0.2, 0.25) is 10.0 Å². The molecule has 1 rings (SSSR count). The fourth-order valence-corrected chi connectivity index (χ4v) is 2.87. The molecule has 1 saturated heterocycles. The van der Waals surface area contributed by atoms with E-state index < -0.39 is 10.0 Å². The van der Waals surface area contributed by atoms with Gasteiger partial charge in [0.15, 0.2) is 0 Å². The van der Waals surface area contributed by atoms with Crippen molar-refractivity contribution in [2.45, 2.75) is 45.1 Å². The van der Waals surface area contributed by atoms with Gasteiger partial charge in [-0.3, -0.25) is 0 Å². The van der Waals surface area contributed by atoms with E-state index in [9.17, 15) is 8.42 Å². The maximum Gasteiger partial charge on any atom is 0.208 e. The molecule has 0 amide bonds. The number of piperidine rings is 1. The Morgan fingerprint density at radius 2 is 2.12 bits per heavy atom. The Kier molecular flexibility index (Phi) is 5.72. The summed E-state index contributed by atoms with van der Waals surface area (Å²) in [5, 5.41) is 0. The van der Waals surface area contributed by atoms with Crippen LogP contribution >= 0.6 is 0 Å². The fraction of sp³-hybridized carbons (Fsp3) is 1.00. The van der Waals surface area contributed by atoms with E-state index in [2.05, 4.69) is 16.5 Å². The molecule has 0 unspecified atom stereocenters. The lowest BCUT2D eigenvalue weighted by atomic mass is 10.00. The van der Waals surface area contributed by atoms with Gasteiger partial charge in [-0.15, -0.1) is 0 Å². The van der Waals surface area contributed by atoms with Crippen molar-refractivity contribution in [1.29, 1.82) is 0 Å². The molecule has 0 saturated carbocycles. The molecule has 16 heavy (non-hydrogen) atoms. The van der Waals surface area contributed by atoms with Crippen LogP contribution in [0.5, 0.6) is 0 Å². The van der Waals surface area contributed by atoms with Crippen LogP contribution < -0.4 is 4.72 Å². The zero-order valence-corrected chi connectivity index (χ0v) is 11.2. The summed E-state index contributed by atoms with van der Waals surface area (Å²) in [5.74, 6) is 0. The van der Waals surface area contributed by atoms with Gasteiger partial charge in [0.1, 0.15) is 0 Å². The number of sulfonamides is 1. The number of hydrogen-bond acceptors (Lipinski definition) is 3. The number of nitrogens with zero attached hydrogens (tertiary/aromatic N) is 1. The van der Waals surface area contributed by atoms with Crippen LogP contribution in [-0.2, 0) is 10.0 Å². The van der Waals surface area contributed by atoms with Crippen molar-refractivity contribution in [3.05, 3.63) is 0 Å². The van der Waals surface area contributed by atoms with Crippen molar-refractivity contribution in [2.75, 3.05) is 25.9 Å². The van der Waals surface area contributed by atoms with Crippen molar-refractivity contribution in [3.8, 4) is 0 Å². The summed E-state index contributed by atoms with van der Waals surface area (Å²) in [6.07, 6.45) is 7.26. The highest BCUT2D eigenvalue weighted by molar-refractivity contribution is 7.88. The van der Waals surface area contributed by atoms with Gasteiger partial charge in [0.05, 0.1) is 6.26 Å². The second kappa shape index (κ2) is 6.57. The van der Waals surface area contributed by atoms with E-state index >= 15 is 0 Å². The maximum atomic E-state index is 10.9. The van der Waals surface area contributed by atoms with Crippen molar-refractivity contribution in [3.63, 3.8) is 0 Å². The Hall–Kier alpha value is -0.130. The van der Waals surface area contributed by atoms with Crippen molar-refractivity contribution in [1.82, 2.24) is 9.62 Å². The van der Waals surface area contributed by atoms with Crippen molar-refractivity contribution in [2.24, 2.45) is 0 Å². The van der Waals surface area contributed by atoms with Crippen LogP contribution in [0.25, 0.3) is 0 Å². The molecule has 4 nitrogen and oxygen atoms in total. The first-order valence-corrected chi connectivity index (χ1v) is 8.10. The quantitative estimate of drug-likeness (QED) is 0.718. The van der Waals surface area contributed by atoms with Gasteiger partial charge in [0.25, 0.3) is 0 Å². The molecule has 1 aliphatic heterocycles. The average molecular weight is 248 g/mol. The summed E-state index contributed by atoms with van der Waals surface area (Å²) >= 11 is 0. The highest BCUT2D eigenvalue weighted by atomic mass is 32.2. The van der Waals surface area contributed by atoms with Crippen LogP contribution in [-0.4, -0.2) is 45.2 Å². The Labute approximate surface area is 99.5 Å². The molecule has 5 heteroatoms. The molecule has 1 atom stereocenters. The molecule has 1 aliphatic rings. The highest BCUT2D eigenvalue weighted by Crippen LogP contribution is 2.19. The number of nitrogens with one attached hydrogen (secondary N) is 1. The Bertz CT molecular complexity index is 290. The van der Waals surface area contributed by atoms with Gasteiger partial charge >= 0.3 is 0 Å². The average Bonchev–Trinajstić information content (AvgIpc) is 2.23. The highest BCUT2D eigenvalue weighted by Gasteiger charge is 2.19. The lowest BCUT2D eigenvalue weighted by Gasteiger charge is -2.35. The van der Waals surface area contributed by atoms with Gasteiger partial charge in [-0.1, -0.05) is 13.3 Å². The number of hydrogen-bond donors (Lipinski definition) is 1. The zero-order chi connectivity index (χ0) is 12.0. The third-order valence-corrected chi connectivity index (χ3v) is 3.94. The molecule has 1 fully saturated rings. The lowest BCUT2D eigenvalue weighted by Crippen LogP contribution is -2.40. The van der Waals surface area contributed by atoms with E-state index in [1.54, 1.807) is 0 Å². The van der Waals surface area contributed by atoms with Crippen molar-refractivity contribution < 1.29 is 8.42 Å². The molecule has 0 aromatic carbocycles. The third-order valence-electron chi connectivity index (χ3n) is 3.21. The van der Waals surface area contributed by atoms with Crippen LogP contribution in [0.15, 0.2) is 0 Å². The Balaban J connectivity index is 2.20. The molecule has 0 aromatic heterocycles. The third kappa shape index (κ3) is 5.27. The predicted octanol–water partition coefficient (Wildman–Crippen LogP) is 1.19. The van der Waals surface area contributed by atoms with Crippen LogP contribution in [0.4, 0.5) is 0 Å². The molecule has 1 heterocycles. The van der Waals surface area contributed by atoms with Crippen LogP contribution in [0, 0.1) is 0 Å². The van der Waals surface area contributed by atoms with Crippen LogP contribution in [0.2, 0.25) is 0 Å². The Morgan fingerprint density at radius 3 is 2.75 bits per heavy atom. The first-order chi connectivity index (χ1) is 7.53. The summed E-state index contributed by atoms with van der Waals surface area (Å²) in [7, 11) is -3.01. The molecule has 0 spiro atoms. The molecule has 0 bridgehead atoms. The topological polar surface area (TPSA) is 49.4 Å². The molecular formula is C11H24N2O2S. The fourth-order valence-electron chi connectivity index (χ4n) is 2.36. The largest absolute Gasteiger partial charge is 0.300 e. The minimum atomic E-state index is -3.01. The van der Waals surface area contributed by atoms with Gasteiger partial charge < -0.3 is 4.90 Å². The maximum absolute atomic E-state index is 10.9.